The average Bonchev–Trinajstić information content (AvgIpc) is 2.38. The lowest BCUT2D eigenvalue weighted by molar-refractivity contribution is -0.138. The fraction of sp³-hybridized carbons (Fsp3) is 0.643. The van der Waals surface area contributed by atoms with Gasteiger partial charge in [0, 0.05) is 37.9 Å². The highest BCUT2D eigenvalue weighted by molar-refractivity contribution is 5.69. The van der Waals surface area contributed by atoms with Crippen molar-refractivity contribution in [3.8, 4) is 0 Å². The summed E-state index contributed by atoms with van der Waals surface area (Å²) in [6.07, 6.45) is 0. The molecule has 0 saturated carbocycles. The second-order valence-corrected chi connectivity index (χ2v) is 5.51. The molecule has 1 aromatic heterocycles. The van der Waals surface area contributed by atoms with Gasteiger partial charge in [-0.15, -0.1) is 0 Å². The highest BCUT2D eigenvalue weighted by Crippen LogP contribution is 2.19. The molecule has 0 unspecified atom stereocenters. The third kappa shape index (κ3) is 3.66. The molecule has 1 saturated heterocycles. The van der Waals surface area contributed by atoms with Crippen molar-refractivity contribution in [1.29, 1.82) is 0 Å². The van der Waals surface area contributed by atoms with Gasteiger partial charge < -0.3 is 10.0 Å². The number of hydrogen-bond donors (Lipinski definition) is 1. The molecule has 0 atom stereocenters. The predicted molar refractivity (Wildman–Crippen MR) is 77.1 cm³/mol. The van der Waals surface area contributed by atoms with E-state index in [1.165, 1.54) is 0 Å². The van der Waals surface area contributed by atoms with Crippen LogP contribution in [-0.2, 0) is 4.79 Å². The summed E-state index contributed by atoms with van der Waals surface area (Å²) >= 11 is 0. The fourth-order valence-corrected chi connectivity index (χ4v) is 2.36. The number of hydrogen-bond acceptors (Lipinski definition) is 5. The number of aryl methyl sites for hydroxylation is 1. The minimum absolute atomic E-state index is 0.119. The van der Waals surface area contributed by atoms with Crippen LogP contribution in [0.3, 0.4) is 0 Å². The zero-order valence-corrected chi connectivity index (χ0v) is 12.3. The van der Waals surface area contributed by atoms with Gasteiger partial charge in [0.05, 0.1) is 6.54 Å². The van der Waals surface area contributed by atoms with Gasteiger partial charge in [0.1, 0.15) is 11.6 Å². The maximum Gasteiger partial charge on any atom is 0.317 e. The Morgan fingerprint density at radius 3 is 2.50 bits per heavy atom. The van der Waals surface area contributed by atoms with Crippen molar-refractivity contribution in [2.75, 3.05) is 37.6 Å². The minimum Gasteiger partial charge on any atom is -0.480 e. The van der Waals surface area contributed by atoms with Crippen LogP contribution in [0.4, 0.5) is 5.82 Å². The van der Waals surface area contributed by atoms with Crippen molar-refractivity contribution >= 4 is 11.8 Å². The molecule has 2 heterocycles. The number of carboxylic acid groups (broad SMARTS) is 1. The molecule has 0 aromatic carbocycles. The number of carbonyl (C=O) groups is 1. The van der Waals surface area contributed by atoms with E-state index >= 15 is 0 Å². The maximum absolute atomic E-state index is 10.7. The normalized spacial score (nSPS) is 16.7. The number of nitrogens with zero attached hydrogens (tertiary/aromatic N) is 4. The zero-order valence-electron chi connectivity index (χ0n) is 12.3. The Morgan fingerprint density at radius 1 is 1.30 bits per heavy atom. The lowest BCUT2D eigenvalue weighted by Crippen LogP contribution is -2.48. The predicted octanol–water partition coefficient (Wildman–Crippen LogP) is 1.12. The van der Waals surface area contributed by atoms with E-state index in [-0.39, 0.29) is 6.54 Å². The van der Waals surface area contributed by atoms with Crippen molar-refractivity contribution in [2.45, 2.75) is 26.7 Å². The summed E-state index contributed by atoms with van der Waals surface area (Å²) in [7, 11) is 0. The number of piperazine rings is 1. The van der Waals surface area contributed by atoms with Gasteiger partial charge in [-0.3, -0.25) is 9.69 Å². The van der Waals surface area contributed by atoms with Crippen molar-refractivity contribution in [1.82, 2.24) is 14.9 Å². The van der Waals surface area contributed by atoms with E-state index in [2.05, 4.69) is 28.7 Å². The monoisotopic (exact) mass is 278 g/mol. The van der Waals surface area contributed by atoms with E-state index in [4.69, 9.17) is 5.11 Å². The van der Waals surface area contributed by atoms with E-state index in [9.17, 15) is 4.79 Å². The van der Waals surface area contributed by atoms with Gasteiger partial charge in [-0.05, 0) is 12.8 Å². The van der Waals surface area contributed by atoms with Gasteiger partial charge in [0.15, 0.2) is 0 Å². The summed E-state index contributed by atoms with van der Waals surface area (Å²) in [5.74, 6) is 1.36. The number of carboxylic acids is 1. The Balaban J connectivity index is 2.05. The molecule has 0 bridgehead atoms. The van der Waals surface area contributed by atoms with Gasteiger partial charge >= 0.3 is 5.97 Å². The van der Waals surface area contributed by atoms with Crippen LogP contribution < -0.4 is 4.90 Å². The molecule has 1 aliphatic rings. The molecule has 0 amide bonds. The molecule has 6 heteroatoms. The molecule has 1 fully saturated rings. The van der Waals surface area contributed by atoms with Crippen LogP contribution in [-0.4, -0.2) is 58.7 Å². The molecular formula is C14H22N4O2. The second-order valence-electron chi connectivity index (χ2n) is 5.51. The lowest BCUT2D eigenvalue weighted by atomic mass is 10.1. The first-order valence-electron chi connectivity index (χ1n) is 7.00. The van der Waals surface area contributed by atoms with E-state index in [0.29, 0.717) is 5.92 Å². The van der Waals surface area contributed by atoms with Gasteiger partial charge in [0.2, 0.25) is 0 Å². The summed E-state index contributed by atoms with van der Waals surface area (Å²) < 4.78 is 0. The summed E-state index contributed by atoms with van der Waals surface area (Å²) in [6.45, 7) is 9.40. The minimum atomic E-state index is -0.765. The van der Waals surface area contributed by atoms with Crippen LogP contribution in [0.15, 0.2) is 6.07 Å². The highest BCUT2D eigenvalue weighted by atomic mass is 16.4. The van der Waals surface area contributed by atoms with E-state index in [0.717, 1.165) is 43.5 Å². The van der Waals surface area contributed by atoms with Gasteiger partial charge in [0.25, 0.3) is 0 Å². The zero-order chi connectivity index (χ0) is 14.7. The molecule has 6 nitrogen and oxygen atoms in total. The van der Waals surface area contributed by atoms with E-state index in [1.807, 2.05) is 17.9 Å². The third-order valence-electron chi connectivity index (χ3n) is 3.49. The average molecular weight is 278 g/mol. The third-order valence-corrected chi connectivity index (χ3v) is 3.49. The highest BCUT2D eigenvalue weighted by Gasteiger charge is 2.20. The number of aromatic nitrogens is 2. The Morgan fingerprint density at radius 2 is 1.95 bits per heavy atom. The quantitative estimate of drug-likeness (QED) is 0.890. The van der Waals surface area contributed by atoms with Crippen LogP contribution in [0.5, 0.6) is 0 Å². The molecule has 0 spiro atoms. The fourth-order valence-electron chi connectivity index (χ4n) is 2.36. The Bertz CT molecular complexity index is 482. The molecule has 1 N–H and O–H groups in total. The van der Waals surface area contributed by atoms with Crippen molar-refractivity contribution in [3.05, 3.63) is 17.6 Å². The Hall–Kier alpha value is -1.69. The number of anilines is 1. The summed E-state index contributed by atoms with van der Waals surface area (Å²) in [4.78, 5) is 23.8. The van der Waals surface area contributed by atoms with Crippen molar-refractivity contribution in [2.24, 2.45) is 0 Å². The summed E-state index contributed by atoms with van der Waals surface area (Å²) in [5.41, 5.74) is 1.06. The molecular weight excluding hydrogens is 256 g/mol. The molecule has 2 rings (SSSR count). The summed E-state index contributed by atoms with van der Waals surface area (Å²) in [6, 6.07) is 2.05. The number of rotatable bonds is 4. The molecule has 1 aliphatic heterocycles. The SMILES string of the molecule is Cc1nc(C(C)C)cc(N2CCN(CC(=O)O)CC2)n1. The van der Waals surface area contributed by atoms with Gasteiger partial charge in [-0.2, -0.15) is 0 Å². The van der Waals surface area contributed by atoms with Crippen LogP contribution in [0.25, 0.3) is 0 Å². The van der Waals surface area contributed by atoms with Crippen molar-refractivity contribution < 1.29 is 9.90 Å². The van der Waals surface area contributed by atoms with Crippen LogP contribution in [0, 0.1) is 6.92 Å². The van der Waals surface area contributed by atoms with Crippen LogP contribution in [0.1, 0.15) is 31.3 Å². The second kappa shape index (κ2) is 6.17. The van der Waals surface area contributed by atoms with Crippen LogP contribution in [0.2, 0.25) is 0 Å². The topological polar surface area (TPSA) is 69.6 Å². The maximum atomic E-state index is 10.7. The standard InChI is InChI=1S/C14H22N4O2/c1-10(2)12-8-13(16-11(3)15-12)18-6-4-17(5-7-18)9-14(19)20/h8,10H,4-7,9H2,1-3H3,(H,19,20). The van der Waals surface area contributed by atoms with Gasteiger partial charge in [-0.1, -0.05) is 13.8 Å². The molecule has 110 valence electrons. The molecule has 0 aliphatic carbocycles. The largest absolute Gasteiger partial charge is 0.480 e. The van der Waals surface area contributed by atoms with Gasteiger partial charge in [-0.25, -0.2) is 9.97 Å². The van der Waals surface area contributed by atoms with Crippen LogP contribution >= 0.6 is 0 Å². The lowest BCUT2D eigenvalue weighted by Gasteiger charge is -2.34. The van der Waals surface area contributed by atoms with Crippen molar-refractivity contribution in [3.63, 3.8) is 0 Å². The first-order valence-corrected chi connectivity index (χ1v) is 7.00. The number of aliphatic carboxylic acids is 1. The summed E-state index contributed by atoms with van der Waals surface area (Å²) in [5, 5.41) is 8.81. The molecule has 1 aromatic rings. The van der Waals surface area contributed by atoms with E-state index < -0.39 is 5.97 Å². The molecule has 20 heavy (non-hydrogen) atoms. The Labute approximate surface area is 119 Å². The smallest absolute Gasteiger partial charge is 0.317 e. The Kier molecular flexibility index (Phi) is 4.54. The molecule has 0 radical (unpaired) electrons. The first-order chi connectivity index (χ1) is 9.45. The first kappa shape index (κ1) is 14.7. The van der Waals surface area contributed by atoms with E-state index in [1.54, 1.807) is 0 Å².